The van der Waals surface area contributed by atoms with Crippen LogP contribution < -0.4 is 4.74 Å². The van der Waals surface area contributed by atoms with Gasteiger partial charge in [-0.05, 0) is 44.2 Å². The lowest BCUT2D eigenvalue weighted by molar-refractivity contribution is 0.292. The van der Waals surface area contributed by atoms with E-state index >= 15 is 0 Å². The Morgan fingerprint density at radius 1 is 1.29 bits per heavy atom. The van der Waals surface area contributed by atoms with Crippen molar-refractivity contribution in [1.82, 2.24) is 9.78 Å². The fourth-order valence-corrected chi connectivity index (χ4v) is 2.09. The van der Waals surface area contributed by atoms with Crippen LogP contribution in [0.5, 0.6) is 5.75 Å². The summed E-state index contributed by atoms with van der Waals surface area (Å²) in [6.07, 6.45) is 0.708. The van der Waals surface area contributed by atoms with Crippen LogP contribution in [0.2, 0.25) is 0 Å². The van der Waals surface area contributed by atoms with Crippen LogP contribution >= 0.6 is 11.6 Å². The minimum absolute atomic E-state index is 0.520. The molecule has 0 aliphatic heterocycles. The van der Waals surface area contributed by atoms with Crippen molar-refractivity contribution in [1.29, 1.82) is 0 Å². The van der Waals surface area contributed by atoms with Crippen LogP contribution in [0.15, 0.2) is 30.3 Å². The summed E-state index contributed by atoms with van der Waals surface area (Å²) in [4.78, 5) is 0. The van der Waals surface area contributed by atoms with Crippen LogP contribution in [0.4, 0.5) is 0 Å². The Hall–Kier alpha value is -1.92. The van der Waals surface area contributed by atoms with Gasteiger partial charge in [-0.2, -0.15) is 5.10 Å². The second-order valence-corrected chi connectivity index (χ2v) is 5.02. The van der Waals surface area contributed by atoms with Crippen LogP contribution in [0, 0.1) is 18.8 Å². The molecule has 21 heavy (non-hydrogen) atoms. The number of hydrogen-bond acceptors (Lipinski definition) is 2. The first-order chi connectivity index (χ1) is 10.2. The first-order valence-corrected chi connectivity index (χ1v) is 7.57. The molecule has 2 aromatic rings. The summed E-state index contributed by atoms with van der Waals surface area (Å²) in [6, 6.07) is 9.84. The van der Waals surface area contributed by atoms with Gasteiger partial charge in [0.15, 0.2) is 0 Å². The molecule has 0 saturated carbocycles. The van der Waals surface area contributed by atoms with E-state index in [1.807, 2.05) is 35.9 Å². The molecule has 0 bridgehead atoms. The van der Waals surface area contributed by atoms with Gasteiger partial charge in [0.25, 0.3) is 0 Å². The Bertz CT molecular complexity index is 635. The number of benzene rings is 1. The molecule has 0 aliphatic rings. The molecule has 0 fully saturated rings. The van der Waals surface area contributed by atoms with Gasteiger partial charge in [0, 0.05) is 24.4 Å². The fourth-order valence-electron chi connectivity index (χ4n) is 1.99. The van der Waals surface area contributed by atoms with Gasteiger partial charge >= 0.3 is 0 Å². The Labute approximate surface area is 130 Å². The fraction of sp³-hybridized carbons (Fsp3) is 0.353. The maximum absolute atomic E-state index is 5.80. The number of aromatic nitrogens is 2. The number of nitrogens with zero attached hydrogens (tertiary/aromatic N) is 2. The summed E-state index contributed by atoms with van der Waals surface area (Å²) in [7, 11) is 0. The lowest BCUT2D eigenvalue weighted by Crippen LogP contribution is -2.06. The van der Waals surface area contributed by atoms with Crippen LogP contribution in [0.25, 0.3) is 0 Å². The molecule has 1 aromatic heterocycles. The summed E-state index contributed by atoms with van der Waals surface area (Å²) < 4.78 is 7.76. The van der Waals surface area contributed by atoms with E-state index < -0.39 is 0 Å². The third-order valence-electron chi connectivity index (χ3n) is 2.98. The van der Waals surface area contributed by atoms with Crippen molar-refractivity contribution in [2.75, 3.05) is 5.88 Å². The molecular formula is C17H19ClN2O. The molecule has 0 aliphatic carbocycles. The van der Waals surface area contributed by atoms with Gasteiger partial charge in [-0.15, -0.1) is 11.6 Å². The minimum Gasteiger partial charge on any atom is -0.487 e. The van der Waals surface area contributed by atoms with Crippen LogP contribution in [0.3, 0.4) is 0 Å². The van der Waals surface area contributed by atoms with Gasteiger partial charge in [0.05, 0.1) is 11.4 Å². The van der Waals surface area contributed by atoms with Crippen molar-refractivity contribution in [2.24, 2.45) is 0 Å². The third kappa shape index (κ3) is 4.54. The standard InChI is InChI=1S/C17H19ClN2O/c1-3-20-16(12-14(2)19-20)13-21-17-9-7-15(8-10-17)6-4-5-11-18/h7-10,12H,3,5,11,13H2,1-2H3. The second kappa shape index (κ2) is 7.75. The van der Waals surface area contributed by atoms with E-state index in [0.29, 0.717) is 18.9 Å². The molecule has 1 aromatic carbocycles. The molecule has 0 amide bonds. The molecule has 110 valence electrons. The normalized spacial score (nSPS) is 10.0. The van der Waals surface area contributed by atoms with E-state index in [-0.39, 0.29) is 0 Å². The van der Waals surface area contributed by atoms with Gasteiger partial charge in [-0.1, -0.05) is 11.8 Å². The summed E-state index contributed by atoms with van der Waals surface area (Å²) in [5.74, 6) is 7.48. The van der Waals surface area contributed by atoms with Crippen molar-refractivity contribution >= 4 is 11.6 Å². The summed E-state index contributed by atoms with van der Waals surface area (Å²) in [6.45, 7) is 5.43. The van der Waals surface area contributed by atoms with Crippen molar-refractivity contribution < 1.29 is 4.74 Å². The van der Waals surface area contributed by atoms with Gasteiger partial charge in [-0.3, -0.25) is 4.68 Å². The largest absolute Gasteiger partial charge is 0.487 e. The lowest BCUT2D eigenvalue weighted by atomic mass is 10.2. The minimum atomic E-state index is 0.520. The predicted octanol–water partition coefficient (Wildman–Crippen LogP) is 3.77. The van der Waals surface area contributed by atoms with Crippen molar-refractivity contribution in [3.63, 3.8) is 0 Å². The van der Waals surface area contributed by atoms with Gasteiger partial charge < -0.3 is 4.74 Å². The SMILES string of the molecule is CCn1nc(C)cc1COc1ccc(C#CCCCl)cc1. The molecule has 0 unspecified atom stereocenters. The number of hydrogen-bond donors (Lipinski definition) is 0. The molecule has 3 nitrogen and oxygen atoms in total. The molecular weight excluding hydrogens is 284 g/mol. The van der Waals surface area contributed by atoms with Gasteiger partial charge in [-0.25, -0.2) is 0 Å². The van der Waals surface area contributed by atoms with Crippen LogP contribution in [-0.2, 0) is 13.2 Å². The summed E-state index contributed by atoms with van der Waals surface area (Å²) >= 11 is 5.59. The van der Waals surface area contributed by atoms with E-state index in [9.17, 15) is 0 Å². The highest BCUT2D eigenvalue weighted by molar-refractivity contribution is 6.18. The molecule has 0 N–H and O–H groups in total. The molecule has 1 heterocycles. The molecule has 0 radical (unpaired) electrons. The van der Waals surface area contributed by atoms with Crippen LogP contribution in [-0.4, -0.2) is 15.7 Å². The first-order valence-electron chi connectivity index (χ1n) is 7.04. The summed E-state index contributed by atoms with van der Waals surface area (Å²) in [5.41, 5.74) is 3.07. The highest BCUT2D eigenvalue weighted by Gasteiger charge is 2.04. The topological polar surface area (TPSA) is 27.1 Å². The number of aryl methyl sites for hydroxylation is 2. The maximum Gasteiger partial charge on any atom is 0.130 e. The van der Waals surface area contributed by atoms with E-state index in [1.54, 1.807) is 0 Å². The molecule has 2 rings (SSSR count). The average Bonchev–Trinajstić information content (AvgIpc) is 2.87. The maximum atomic E-state index is 5.80. The third-order valence-corrected chi connectivity index (χ3v) is 3.17. The Balaban J connectivity index is 1.96. The quantitative estimate of drug-likeness (QED) is 0.621. The van der Waals surface area contributed by atoms with Gasteiger partial charge in [0.1, 0.15) is 12.4 Å². The average molecular weight is 303 g/mol. The number of rotatable bonds is 5. The van der Waals surface area contributed by atoms with Crippen molar-refractivity contribution in [2.45, 2.75) is 33.4 Å². The molecule has 0 spiro atoms. The zero-order valence-corrected chi connectivity index (χ0v) is 13.2. The van der Waals surface area contributed by atoms with E-state index in [4.69, 9.17) is 16.3 Å². The van der Waals surface area contributed by atoms with Crippen molar-refractivity contribution in [3.8, 4) is 17.6 Å². The molecule has 4 heteroatoms. The highest BCUT2D eigenvalue weighted by atomic mass is 35.5. The number of halogens is 1. The van der Waals surface area contributed by atoms with Gasteiger partial charge in [0.2, 0.25) is 0 Å². The highest BCUT2D eigenvalue weighted by Crippen LogP contribution is 2.14. The lowest BCUT2D eigenvalue weighted by Gasteiger charge is -2.07. The predicted molar refractivity (Wildman–Crippen MR) is 85.6 cm³/mol. The van der Waals surface area contributed by atoms with Crippen molar-refractivity contribution in [3.05, 3.63) is 47.3 Å². The van der Waals surface area contributed by atoms with Crippen LogP contribution in [0.1, 0.15) is 30.3 Å². The number of ether oxygens (including phenoxy) is 1. The zero-order valence-electron chi connectivity index (χ0n) is 12.4. The zero-order chi connectivity index (χ0) is 15.1. The van der Waals surface area contributed by atoms with E-state index in [0.717, 1.165) is 29.2 Å². The first kappa shape index (κ1) is 15.5. The smallest absolute Gasteiger partial charge is 0.130 e. The molecule has 0 saturated heterocycles. The Morgan fingerprint density at radius 3 is 2.71 bits per heavy atom. The van der Waals surface area contributed by atoms with E-state index in [2.05, 4.69) is 29.9 Å². The Morgan fingerprint density at radius 2 is 2.05 bits per heavy atom. The second-order valence-electron chi connectivity index (χ2n) is 4.65. The monoisotopic (exact) mass is 302 g/mol. The Kier molecular flexibility index (Phi) is 5.71. The van der Waals surface area contributed by atoms with E-state index in [1.165, 1.54) is 0 Å². The summed E-state index contributed by atoms with van der Waals surface area (Å²) in [5, 5.41) is 4.40. The number of alkyl halides is 1. The molecule has 0 atom stereocenters.